The van der Waals surface area contributed by atoms with Gasteiger partial charge in [0.25, 0.3) is 0 Å². The zero-order chi connectivity index (χ0) is 18.5. The molecule has 1 aromatic heterocycles. The van der Waals surface area contributed by atoms with Gasteiger partial charge < -0.3 is 18.9 Å². The van der Waals surface area contributed by atoms with Crippen LogP contribution in [0.5, 0.6) is 17.2 Å². The Hall–Kier alpha value is -2.99. The van der Waals surface area contributed by atoms with E-state index < -0.39 is 0 Å². The molecule has 4 rings (SSSR count). The number of rotatable bonds is 6. The van der Waals surface area contributed by atoms with Gasteiger partial charge in [0, 0.05) is 4.88 Å². The van der Waals surface area contributed by atoms with Gasteiger partial charge in [-0.25, -0.2) is 4.79 Å². The number of carbonyl (C=O) groups excluding carboxylic acids is 1. The monoisotopic (exact) mass is 382 g/mol. The van der Waals surface area contributed by atoms with Crippen LogP contribution in [0, 0.1) is 0 Å². The first-order valence-corrected chi connectivity index (χ1v) is 9.46. The first kappa shape index (κ1) is 17.4. The van der Waals surface area contributed by atoms with Crippen molar-refractivity contribution in [1.82, 2.24) is 0 Å². The molecule has 0 saturated carbocycles. The van der Waals surface area contributed by atoms with Crippen molar-refractivity contribution < 1.29 is 23.7 Å². The van der Waals surface area contributed by atoms with Crippen molar-refractivity contribution in [3.05, 3.63) is 65.5 Å². The van der Waals surface area contributed by atoms with Gasteiger partial charge in [-0.1, -0.05) is 18.2 Å². The number of fused-ring (bicyclic) bond motifs is 1. The molecule has 0 aliphatic carbocycles. The quantitative estimate of drug-likeness (QED) is 0.467. The third kappa shape index (κ3) is 4.23. The Morgan fingerprint density at radius 1 is 0.926 bits per heavy atom. The first-order valence-electron chi connectivity index (χ1n) is 8.64. The minimum atomic E-state index is -0.347. The molecule has 2 aromatic carbocycles. The van der Waals surface area contributed by atoms with Crippen LogP contribution in [-0.2, 0) is 4.74 Å². The molecule has 0 unspecified atom stereocenters. The third-order valence-corrected chi connectivity index (χ3v) is 5.08. The van der Waals surface area contributed by atoms with Gasteiger partial charge in [0.2, 0.25) is 0 Å². The average molecular weight is 382 g/mol. The highest BCUT2D eigenvalue weighted by molar-refractivity contribution is 7.17. The SMILES string of the molecule is O=C(OCCOc1ccccc1)c1ccc(-c2ccc3c(c2)OCCO3)s1. The molecule has 0 atom stereocenters. The molecule has 0 spiro atoms. The highest BCUT2D eigenvalue weighted by atomic mass is 32.1. The summed E-state index contributed by atoms with van der Waals surface area (Å²) in [6.45, 7) is 1.62. The van der Waals surface area contributed by atoms with Crippen molar-refractivity contribution in [3.8, 4) is 27.7 Å². The van der Waals surface area contributed by atoms with Crippen LogP contribution in [0.15, 0.2) is 60.7 Å². The normalized spacial score (nSPS) is 12.4. The molecule has 1 aliphatic heterocycles. The van der Waals surface area contributed by atoms with E-state index in [1.54, 1.807) is 6.07 Å². The number of ether oxygens (including phenoxy) is 4. The Balaban J connectivity index is 1.34. The predicted molar refractivity (Wildman–Crippen MR) is 103 cm³/mol. The van der Waals surface area contributed by atoms with Crippen molar-refractivity contribution >= 4 is 17.3 Å². The molecule has 0 radical (unpaired) electrons. The van der Waals surface area contributed by atoms with Gasteiger partial charge >= 0.3 is 5.97 Å². The van der Waals surface area contributed by atoms with Gasteiger partial charge in [-0.05, 0) is 48.0 Å². The van der Waals surface area contributed by atoms with Crippen LogP contribution in [-0.4, -0.2) is 32.4 Å². The van der Waals surface area contributed by atoms with Gasteiger partial charge in [-0.15, -0.1) is 11.3 Å². The molecule has 1 aliphatic rings. The molecule has 3 aromatic rings. The van der Waals surface area contributed by atoms with E-state index in [0.717, 1.165) is 27.7 Å². The molecule has 0 saturated heterocycles. The van der Waals surface area contributed by atoms with Crippen LogP contribution in [0.4, 0.5) is 0 Å². The van der Waals surface area contributed by atoms with Gasteiger partial charge in [-0.2, -0.15) is 0 Å². The van der Waals surface area contributed by atoms with Crippen LogP contribution >= 0.6 is 11.3 Å². The molecule has 0 N–H and O–H groups in total. The molecule has 0 bridgehead atoms. The summed E-state index contributed by atoms with van der Waals surface area (Å²) in [5.41, 5.74) is 0.982. The summed E-state index contributed by atoms with van der Waals surface area (Å²) in [6.07, 6.45) is 0. The molecular weight excluding hydrogens is 364 g/mol. The molecular formula is C21H18O5S. The number of carbonyl (C=O) groups is 1. The summed E-state index contributed by atoms with van der Waals surface area (Å²) in [5.74, 6) is 1.89. The summed E-state index contributed by atoms with van der Waals surface area (Å²) >= 11 is 1.39. The minimum absolute atomic E-state index is 0.199. The van der Waals surface area contributed by atoms with E-state index in [1.165, 1.54) is 11.3 Å². The van der Waals surface area contributed by atoms with Crippen LogP contribution in [0.3, 0.4) is 0 Å². The Bertz CT molecular complexity index is 919. The molecule has 138 valence electrons. The summed E-state index contributed by atoms with van der Waals surface area (Å²) in [5, 5.41) is 0. The largest absolute Gasteiger partial charge is 0.490 e. The number of esters is 1. The van der Waals surface area contributed by atoms with Crippen molar-refractivity contribution in [3.63, 3.8) is 0 Å². The number of thiophene rings is 1. The zero-order valence-electron chi connectivity index (χ0n) is 14.6. The lowest BCUT2D eigenvalue weighted by Crippen LogP contribution is -2.15. The second-order valence-electron chi connectivity index (χ2n) is 5.82. The van der Waals surface area contributed by atoms with E-state index in [2.05, 4.69) is 0 Å². The molecule has 5 nitrogen and oxygen atoms in total. The van der Waals surface area contributed by atoms with E-state index in [9.17, 15) is 4.79 Å². The lowest BCUT2D eigenvalue weighted by Gasteiger charge is -2.18. The number of hydrogen-bond acceptors (Lipinski definition) is 6. The number of benzene rings is 2. The summed E-state index contributed by atoms with van der Waals surface area (Å²) in [4.78, 5) is 13.7. The number of hydrogen-bond donors (Lipinski definition) is 0. The van der Waals surface area contributed by atoms with E-state index in [1.807, 2.05) is 54.6 Å². The van der Waals surface area contributed by atoms with Crippen molar-refractivity contribution in [2.75, 3.05) is 26.4 Å². The highest BCUT2D eigenvalue weighted by Crippen LogP contribution is 2.37. The van der Waals surface area contributed by atoms with Crippen molar-refractivity contribution in [1.29, 1.82) is 0 Å². The van der Waals surface area contributed by atoms with Crippen molar-refractivity contribution in [2.45, 2.75) is 0 Å². The fourth-order valence-electron chi connectivity index (χ4n) is 2.68. The first-order chi connectivity index (χ1) is 13.3. The molecule has 2 heterocycles. The lowest BCUT2D eigenvalue weighted by molar-refractivity contribution is 0.0456. The maximum Gasteiger partial charge on any atom is 0.348 e. The Morgan fingerprint density at radius 3 is 2.59 bits per heavy atom. The summed E-state index contributed by atoms with van der Waals surface area (Å²) < 4.78 is 22.0. The smallest absolute Gasteiger partial charge is 0.348 e. The van der Waals surface area contributed by atoms with Gasteiger partial charge in [0.1, 0.15) is 37.1 Å². The van der Waals surface area contributed by atoms with Crippen LogP contribution in [0.25, 0.3) is 10.4 Å². The topological polar surface area (TPSA) is 54.0 Å². The second kappa shape index (κ2) is 8.14. The predicted octanol–water partition coefficient (Wildman–Crippen LogP) is 4.42. The van der Waals surface area contributed by atoms with E-state index in [-0.39, 0.29) is 12.6 Å². The maximum atomic E-state index is 12.2. The molecule has 0 amide bonds. The van der Waals surface area contributed by atoms with E-state index in [4.69, 9.17) is 18.9 Å². The zero-order valence-corrected chi connectivity index (χ0v) is 15.4. The summed E-state index contributed by atoms with van der Waals surface area (Å²) in [7, 11) is 0. The van der Waals surface area contributed by atoms with Gasteiger partial charge in [-0.3, -0.25) is 0 Å². The minimum Gasteiger partial charge on any atom is -0.490 e. The Morgan fingerprint density at radius 2 is 1.74 bits per heavy atom. The van der Waals surface area contributed by atoms with Crippen LogP contribution < -0.4 is 14.2 Å². The van der Waals surface area contributed by atoms with Crippen LogP contribution in [0.1, 0.15) is 9.67 Å². The lowest BCUT2D eigenvalue weighted by atomic mass is 10.1. The summed E-state index contributed by atoms with van der Waals surface area (Å²) in [6, 6.07) is 18.9. The molecule has 0 fully saturated rings. The maximum absolute atomic E-state index is 12.2. The van der Waals surface area contributed by atoms with Gasteiger partial charge in [0.05, 0.1) is 0 Å². The second-order valence-corrected chi connectivity index (χ2v) is 6.90. The highest BCUT2D eigenvalue weighted by Gasteiger charge is 2.15. The van der Waals surface area contributed by atoms with Crippen LogP contribution in [0.2, 0.25) is 0 Å². The van der Waals surface area contributed by atoms with Crippen molar-refractivity contribution in [2.24, 2.45) is 0 Å². The average Bonchev–Trinajstić information content (AvgIpc) is 3.22. The molecule has 27 heavy (non-hydrogen) atoms. The third-order valence-electron chi connectivity index (χ3n) is 3.96. The fourth-order valence-corrected chi connectivity index (χ4v) is 3.58. The van der Waals surface area contributed by atoms with E-state index in [0.29, 0.717) is 24.7 Å². The molecule has 6 heteroatoms. The number of para-hydroxylation sites is 1. The standard InChI is InChI=1S/C21H18O5S/c22-21(26-13-10-23-16-4-2-1-3-5-16)20-9-8-19(27-20)15-6-7-17-18(14-15)25-12-11-24-17/h1-9,14H,10-13H2. The van der Waals surface area contributed by atoms with Gasteiger partial charge in [0.15, 0.2) is 11.5 Å². The Labute approximate surface area is 161 Å². The van der Waals surface area contributed by atoms with E-state index >= 15 is 0 Å². The Kier molecular flexibility index (Phi) is 5.25. The fraction of sp³-hybridized carbons (Fsp3) is 0.190.